The molecular formula is C20H19F3N4O3S. The van der Waals surface area contributed by atoms with Gasteiger partial charge in [-0.25, -0.2) is 9.97 Å². The van der Waals surface area contributed by atoms with Crippen molar-refractivity contribution in [1.29, 1.82) is 0 Å². The largest absolute Gasteiger partial charge is 0.482 e. The van der Waals surface area contributed by atoms with Gasteiger partial charge < -0.3 is 20.3 Å². The number of aromatic nitrogens is 3. The normalized spacial score (nSPS) is 17.1. The highest BCUT2D eigenvalue weighted by atomic mass is 32.1. The van der Waals surface area contributed by atoms with Crippen molar-refractivity contribution in [3.8, 4) is 5.75 Å². The molecule has 11 heteroatoms. The van der Waals surface area contributed by atoms with Gasteiger partial charge in [-0.05, 0) is 31.4 Å². The molecular weight excluding hydrogens is 433 g/mol. The Kier molecular flexibility index (Phi) is 6.08. The molecule has 0 saturated carbocycles. The minimum absolute atomic E-state index is 0.0593. The lowest BCUT2D eigenvalue weighted by Crippen LogP contribution is -2.17. The molecule has 3 aromatic heterocycles. The van der Waals surface area contributed by atoms with Gasteiger partial charge in [-0.2, -0.15) is 13.2 Å². The number of hydrogen-bond donors (Lipinski definition) is 3. The molecule has 0 fully saturated rings. The zero-order valence-corrected chi connectivity index (χ0v) is 17.0. The van der Waals surface area contributed by atoms with Crippen LogP contribution in [-0.4, -0.2) is 31.8 Å². The Morgan fingerprint density at radius 3 is 2.94 bits per heavy atom. The van der Waals surface area contributed by atoms with Crippen LogP contribution < -0.4 is 10.1 Å². The van der Waals surface area contributed by atoms with Crippen LogP contribution in [0.15, 0.2) is 36.0 Å². The van der Waals surface area contributed by atoms with E-state index in [1.807, 2.05) is 6.07 Å². The van der Waals surface area contributed by atoms with E-state index in [2.05, 4.69) is 20.3 Å². The number of ether oxygens (including phenoxy) is 1. The minimum atomic E-state index is -4.57. The summed E-state index contributed by atoms with van der Waals surface area (Å²) in [6, 6.07) is 4.55. The summed E-state index contributed by atoms with van der Waals surface area (Å²) in [5, 5.41) is 23.4. The second-order valence-electron chi connectivity index (χ2n) is 7.01. The first kappa shape index (κ1) is 21.5. The lowest BCUT2D eigenvalue weighted by atomic mass is 9.93. The standard InChI is InChI=1S/C20H19F3N4O3S/c21-20(22,23)11-7-17(30-16-5-1-4-13-12(16)3-2-6-24-13)18(25-8-11)27-19-26-14(10-31-19)15(29)9-28/h2-3,6-8,10,15-16,28-29H,1,4-5,9H2,(H,25,26,27). The van der Waals surface area contributed by atoms with Gasteiger partial charge in [0.05, 0.1) is 17.9 Å². The first-order chi connectivity index (χ1) is 14.8. The molecule has 1 aliphatic rings. The van der Waals surface area contributed by atoms with Gasteiger partial charge >= 0.3 is 6.18 Å². The van der Waals surface area contributed by atoms with Crippen LogP contribution in [0.25, 0.3) is 0 Å². The number of alkyl halides is 3. The second kappa shape index (κ2) is 8.77. The molecule has 4 rings (SSSR count). The van der Waals surface area contributed by atoms with E-state index in [1.54, 1.807) is 12.3 Å². The van der Waals surface area contributed by atoms with Gasteiger partial charge in [0.25, 0.3) is 0 Å². The number of aryl methyl sites for hydroxylation is 1. The van der Waals surface area contributed by atoms with Crippen molar-refractivity contribution < 1.29 is 28.1 Å². The van der Waals surface area contributed by atoms with Crippen LogP contribution in [0.4, 0.5) is 24.1 Å². The summed E-state index contributed by atoms with van der Waals surface area (Å²) in [4.78, 5) is 12.4. The number of fused-ring (bicyclic) bond motifs is 1. The molecule has 31 heavy (non-hydrogen) atoms. The summed E-state index contributed by atoms with van der Waals surface area (Å²) in [6.07, 6.45) is -1.53. The highest BCUT2D eigenvalue weighted by Crippen LogP contribution is 2.39. The Morgan fingerprint density at radius 1 is 1.32 bits per heavy atom. The second-order valence-corrected chi connectivity index (χ2v) is 7.87. The third-order valence-corrected chi connectivity index (χ3v) is 5.64. The summed E-state index contributed by atoms with van der Waals surface area (Å²) < 4.78 is 45.9. The maximum absolute atomic E-state index is 13.3. The monoisotopic (exact) mass is 452 g/mol. The van der Waals surface area contributed by atoms with Crippen molar-refractivity contribution in [1.82, 2.24) is 15.0 Å². The average Bonchev–Trinajstić information content (AvgIpc) is 3.22. The van der Waals surface area contributed by atoms with Crippen molar-refractivity contribution >= 4 is 22.3 Å². The molecule has 0 aliphatic heterocycles. The number of hydrogen-bond acceptors (Lipinski definition) is 8. The Balaban J connectivity index is 1.66. The SMILES string of the molecule is OCC(O)c1csc(Nc2ncc(C(F)(F)F)cc2OC2CCCc3ncccc32)n1. The smallest absolute Gasteiger partial charge is 0.418 e. The predicted molar refractivity (Wildman–Crippen MR) is 107 cm³/mol. The molecule has 2 unspecified atom stereocenters. The topological polar surface area (TPSA) is 100 Å². The molecule has 1 aliphatic carbocycles. The predicted octanol–water partition coefficient (Wildman–Crippen LogP) is 4.18. The summed E-state index contributed by atoms with van der Waals surface area (Å²) >= 11 is 1.12. The molecule has 7 nitrogen and oxygen atoms in total. The number of thiazole rings is 1. The molecule has 3 heterocycles. The molecule has 164 valence electrons. The number of halogens is 3. The Bertz CT molecular complexity index is 1060. The number of nitrogens with one attached hydrogen (secondary N) is 1. The zero-order valence-electron chi connectivity index (χ0n) is 16.1. The van der Waals surface area contributed by atoms with Crippen molar-refractivity contribution in [2.75, 3.05) is 11.9 Å². The Labute approximate surface area is 179 Å². The minimum Gasteiger partial charge on any atom is -0.482 e. The van der Waals surface area contributed by atoms with Gasteiger partial charge in [-0.3, -0.25) is 4.98 Å². The van der Waals surface area contributed by atoms with Crippen LogP contribution in [0, 0.1) is 0 Å². The number of rotatable bonds is 6. The third-order valence-electron chi connectivity index (χ3n) is 4.86. The molecule has 3 N–H and O–H groups in total. The molecule has 0 radical (unpaired) electrons. The van der Waals surface area contributed by atoms with Gasteiger partial charge in [0.15, 0.2) is 16.7 Å². The quantitative estimate of drug-likeness (QED) is 0.516. The highest BCUT2D eigenvalue weighted by molar-refractivity contribution is 7.13. The fourth-order valence-electron chi connectivity index (χ4n) is 3.31. The fourth-order valence-corrected chi connectivity index (χ4v) is 4.07. The molecule has 0 bridgehead atoms. The van der Waals surface area contributed by atoms with E-state index < -0.39 is 30.6 Å². The molecule has 0 aromatic carbocycles. The van der Waals surface area contributed by atoms with Crippen molar-refractivity contribution in [2.24, 2.45) is 0 Å². The molecule has 0 spiro atoms. The van der Waals surface area contributed by atoms with E-state index in [9.17, 15) is 18.3 Å². The van der Waals surface area contributed by atoms with Gasteiger partial charge in [0.2, 0.25) is 0 Å². The van der Waals surface area contributed by atoms with Crippen LogP contribution in [0.5, 0.6) is 5.75 Å². The number of aliphatic hydroxyl groups excluding tert-OH is 2. The number of nitrogens with zero attached hydrogens (tertiary/aromatic N) is 3. The Hall–Kier alpha value is -2.76. The van der Waals surface area contributed by atoms with Crippen molar-refractivity contribution in [3.63, 3.8) is 0 Å². The lowest BCUT2D eigenvalue weighted by molar-refractivity contribution is -0.138. The number of pyridine rings is 2. The summed E-state index contributed by atoms with van der Waals surface area (Å²) in [5.41, 5.74) is 1.04. The molecule has 2 atom stereocenters. The van der Waals surface area contributed by atoms with Crippen LogP contribution in [0.2, 0.25) is 0 Å². The molecule has 0 saturated heterocycles. The van der Waals surface area contributed by atoms with E-state index in [-0.39, 0.29) is 17.3 Å². The first-order valence-electron chi connectivity index (χ1n) is 9.54. The first-order valence-corrected chi connectivity index (χ1v) is 10.4. The van der Waals surface area contributed by atoms with Crippen LogP contribution in [0.1, 0.15) is 47.6 Å². The number of aliphatic hydroxyl groups is 2. The van der Waals surface area contributed by atoms with Gasteiger partial charge in [-0.1, -0.05) is 6.07 Å². The summed E-state index contributed by atoms with van der Waals surface area (Å²) in [7, 11) is 0. The Morgan fingerprint density at radius 2 is 2.16 bits per heavy atom. The summed E-state index contributed by atoms with van der Waals surface area (Å²) in [5.74, 6) is 0.0133. The van der Waals surface area contributed by atoms with Crippen molar-refractivity contribution in [3.05, 3.63) is 58.5 Å². The zero-order chi connectivity index (χ0) is 22.0. The van der Waals surface area contributed by atoms with Crippen LogP contribution in [-0.2, 0) is 12.6 Å². The van der Waals surface area contributed by atoms with Gasteiger partial charge in [-0.15, -0.1) is 11.3 Å². The van der Waals surface area contributed by atoms with Crippen molar-refractivity contribution in [2.45, 2.75) is 37.6 Å². The molecule has 3 aromatic rings. The highest BCUT2D eigenvalue weighted by Gasteiger charge is 2.33. The van der Waals surface area contributed by atoms with E-state index in [0.717, 1.165) is 47.7 Å². The van der Waals surface area contributed by atoms with E-state index in [4.69, 9.17) is 9.84 Å². The van der Waals surface area contributed by atoms with E-state index in [1.165, 1.54) is 5.38 Å². The van der Waals surface area contributed by atoms with Gasteiger partial charge in [0.1, 0.15) is 12.2 Å². The fraction of sp³-hybridized carbons (Fsp3) is 0.350. The third kappa shape index (κ3) is 4.78. The van der Waals surface area contributed by atoms with Crippen LogP contribution >= 0.6 is 11.3 Å². The maximum atomic E-state index is 13.3. The molecule has 0 amide bonds. The average molecular weight is 452 g/mol. The van der Waals surface area contributed by atoms with E-state index >= 15 is 0 Å². The summed E-state index contributed by atoms with van der Waals surface area (Å²) in [6.45, 7) is -0.495. The van der Waals surface area contributed by atoms with Gasteiger partial charge in [0, 0.05) is 29.0 Å². The maximum Gasteiger partial charge on any atom is 0.418 e. The number of anilines is 2. The van der Waals surface area contributed by atoms with Crippen LogP contribution in [0.3, 0.4) is 0 Å². The lowest BCUT2D eigenvalue weighted by Gasteiger charge is -2.26. The van der Waals surface area contributed by atoms with E-state index in [0.29, 0.717) is 11.6 Å².